The van der Waals surface area contributed by atoms with Crippen LogP contribution in [0.3, 0.4) is 0 Å². The molecule has 3 heteroatoms. The van der Waals surface area contributed by atoms with Crippen LogP contribution in [0.4, 0.5) is 4.39 Å². The molecule has 0 saturated carbocycles. The molecule has 4 atom stereocenters. The third kappa shape index (κ3) is 2.32. The zero-order valence-electron chi connectivity index (χ0n) is 11.2. The molecule has 98 valence electrons. The molecule has 1 aromatic carbocycles. The Morgan fingerprint density at radius 2 is 1.83 bits per heavy atom. The van der Waals surface area contributed by atoms with Gasteiger partial charge < -0.3 is 4.74 Å². The number of carbonyl (C=O) groups is 1. The smallest absolute Gasteiger partial charge is 0.169 e. The highest BCUT2D eigenvalue weighted by molar-refractivity contribution is 5.98. The molecule has 0 aliphatic carbocycles. The molecule has 0 bridgehead atoms. The second-order valence-corrected chi connectivity index (χ2v) is 5.31. The molecular formula is C15H19FO2. The highest BCUT2D eigenvalue weighted by atomic mass is 19.1. The fourth-order valence-corrected chi connectivity index (χ4v) is 2.79. The van der Waals surface area contributed by atoms with Gasteiger partial charge in [0.1, 0.15) is 5.82 Å². The van der Waals surface area contributed by atoms with E-state index < -0.39 is 0 Å². The van der Waals surface area contributed by atoms with E-state index in [9.17, 15) is 9.18 Å². The molecule has 0 radical (unpaired) electrons. The lowest BCUT2D eigenvalue weighted by Crippen LogP contribution is -2.27. The lowest BCUT2D eigenvalue weighted by Gasteiger charge is -2.17. The van der Waals surface area contributed by atoms with Crippen molar-refractivity contribution in [1.29, 1.82) is 0 Å². The second-order valence-electron chi connectivity index (χ2n) is 5.31. The van der Waals surface area contributed by atoms with E-state index >= 15 is 0 Å². The van der Waals surface area contributed by atoms with Crippen LogP contribution in [0.5, 0.6) is 0 Å². The van der Waals surface area contributed by atoms with Gasteiger partial charge in [-0.3, -0.25) is 4.79 Å². The first-order valence-corrected chi connectivity index (χ1v) is 6.37. The predicted octanol–water partition coefficient (Wildman–Crippen LogP) is 3.38. The molecular weight excluding hydrogens is 231 g/mol. The van der Waals surface area contributed by atoms with Crippen molar-refractivity contribution in [3.8, 4) is 0 Å². The topological polar surface area (TPSA) is 26.3 Å². The Bertz CT molecular complexity index is 449. The molecule has 18 heavy (non-hydrogen) atoms. The number of halogens is 1. The quantitative estimate of drug-likeness (QED) is 0.752. The summed E-state index contributed by atoms with van der Waals surface area (Å²) >= 11 is 0. The van der Waals surface area contributed by atoms with Gasteiger partial charge in [-0.2, -0.15) is 0 Å². The van der Waals surface area contributed by atoms with Gasteiger partial charge in [0.15, 0.2) is 5.78 Å². The summed E-state index contributed by atoms with van der Waals surface area (Å²) in [4.78, 5) is 12.5. The Morgan fingerprint density at radius 3 is 2.33 bits per heavy atom. The highest BCUT2D eigenvalue weighted by Gasteiger charge is 2.41. The zero-order chi connectivity index (χ0) is 13.4. The Morgan fingerprint density at radius 1 is 1.17 bits per heavy atom. The van der Waals surface area contributed by atoms with Crippen molar-refractivity contribution in [3.05, 3.63) is 35.1 Å². The minimum absolute atomic E-state index is 0.0121. The molecule has 1 fully saturated rings. The van der Waals surface area contributed by atoms with Gasteiger partial charge in [-0.15, -0.1) is 0 Å². The van der Waals surface area contributed by atoms with Gasteiger partial charge >= 0.3 is 0 Å². The number of Topliss-reactive ketones (excluding diaryl/α,β-unsaturated/α-hetero) is 1. The predicted molar refractivity (Wildman–Crippen MR) is 68.1 cm³/mol. The van der Waals surface area contributed by atoms with Crippen molar-refractivity contribution < 1.29 is 13.9 Å². The number of carbonyl (C=O) groups excluding carboxylic acids is 1. The van der Waals surface area contributed by atoms with Crippen LogP contribution in [0, 0.1) is 24.6 Å². The number of benzene rings is 1. The van der Waals surface area contributed by atoms with Crippen molar-refractivity contribution in [1.82, 2.24) is 0 Å². The molecule has 1 aliphatic heterocycles. The van der Waals surface area contributed by atoms with Crippen LogP contribution >= 0.6 is 0 Å². The van der Waals surface area contributed by atoms with Gasteiger partial charge in [0.25, 0.3) is 0 Å². The fourth-order valence-electron chi connectivity index (χ4n) is 2.79. The van der Waals surface area contributed by atoms with Crippen molar-refractivity contribution in [2.24, 2.45) is 11.8 Å². The molecule has 0 spiro atoms. The molecule has 0 N–H and O–H groups in total. The molecule has 0 amide bonds. The Kier molecular flexibility index (Phi) is 3.53. The number of hydrogen-bond acceptors (Lipinski definition) is 2. The maximum absolute atomic E-state index is 13.4. The van der Waals surface area contributed by atoms with Gasteiger partial charge in [-0.25, -0.2) is 4.39 Å². The lowest BCUT2D eigenvalue weighted by atomic mass is 9.83. The van der Waals surface area contributed by atoms with Crippen LogP contribution in [0.2, 0.25) is 0 Å². The molecule has 4 unspecified atom stereocenters. The lowest BCUT2D eigenvalue weighted by molar-refractivity contribution is 0.0491. The monoisotopic (exact) mass is 250 g/mol. The van der Waals surface area contributed by atoms with Gasteiger partial charge in [0, 0.05) is 5.56 Å². The molecule has 1 saturated heterocycles. The van der Waals surface area contributed by atoms with E-state index in [1.165, 1.54) is 12.1 Å². The second kappa shape index (κ2) is 4.81. The maximum Gasteiger partial charge on any atom is 0.169 e. The van der Waals surface area contributed by atoms with Crippen molar-refractivity contribution in [2.45, 2.75) is 39.9 Å². The minimum atomic E-state index is -0.356. The van der Waals surface area contributed by atoms with E-state index in [-0.39, 0.29) is 35.6 Å². The van der Waals surface area contributed by atoms with Crippen molar-refractivity contribution in [3.63, 3.8) is 0 Å². The summed E-state index contributed by atoms with van der Waals surface area (Å²) in [5.41, 5.74) is 1.22. The molecule has 2 nitrogen and oxygen atoms in total. The van der Waals surface area contributed by atoms with Crippen LogP contribution in [-0.2, 0) is 4.74 Å². The average Bonchev–Trinajstić information content (AvgIpc) is 2.51. The standard InChI is InChI=1S/C15H19FO2/c1-8-5-12(7-13(16)6-8)15(17)14-9(2)10(3)18-11(14)4/h5-7,9-11,14H,1-4H3. The molecule has 1 heterocycles. The van der Waals surface area contributed by atoms with E-state index in [0.717, 1.165) is 5.56 Å². The molecule has 1 aliphatic rings. The Hall–Kier alpha value is -1.22. The highest BCUT2D eigenvalue weighted by Crippen LogP contribution is 2.34. The van der Waals surface area contributed by atoms with E-state index in [4.69, 9.17) is 4.74 Å². The Labute approximate surface area is 107 Å². The third-order valence-electron chi connectivity index (χ3n) is 3.87. The van der Waals surface area contributed by atoms with Gasteiger partial charge in [0.2, 0.25) is 0 Å². The number of rotatable bonds is 2. The van der Waals surface area contributed by atoms with Gasteiger partial charge in [0.05, 0.1) is 18.1 Å². The Balaban J connectivity index is 2.31. The van der Waals surface area contributed by atoms with Crippen LogP contribution in [0.15, 0.2) is 18.2 Å². The third-order valence-corrected chi connectivity index (χ3v) is 3.87. The van der Waals surface area contributed by atoms with Crippen LogP contribution in [0.1, 0.15) is 36.7 Å². The summed E-state index contributed by atoms with van der Waals surface area (Å²) in [6.07, 6.45) is -0.0327. The SMILES string of the molecule is Cc1cc(F)cc(C(=O)C2C(C)OC(C)C2C)c1. The summed E-state index contributed by atoms with van der Waals surface area (Å²) in [7, 11) is 0. The first-order valence-electron chi connectivity index (χ1n) is 6.37. The largest absolute Gasteiger partial charge is 0.374 e. The summed E-state index contributed by atoms with van der Waals surface area (Å²) in [6, 6.07) is 4.49. The van der Waals surface area contributed by atoms with Gasteiger partial charge in [-0.05, 0) is 50.5 Å². The van der Waals surface area contributed by atoms with Crippen molar-refractivity contribution >= 4 is 5.78 Å². The maximum atomic E-state index is 13.4. The molecule has 2 rings (SSSR count). The van der Waals surface area contributed by atoms with Gasteiger partial charge in [-0.1, -0.05) is 6.92 Å². The van der Waals surface area contributed by atoms with E-state index in [1.54, 1.807) is 13.0 Å². The molecule has 1 aromatic rings. The summed E-state index contributed by atoms with van der Waals surface area (Å²) < 4.78 is 19.0. The number of ether oxygens (including phenoxy) is 1. The number of hydrogen-bond donors (Lipinski definition) is 0. The molecule has 0 aromatic heterocycles. The minimum Gasteiger partial charge on any atom is -0.374 e. The van der Waals surface area contributed by atoms with E-state index in [0.29, 0.717) is 5.56 Å². The fraction of sp³-hybridized carbons (Fsp3) is 0.533. The first kappa shape index (κ1) is 13.2. The van der Waals surface area contributed by atoms with Crippen LogP contribution in [0.25, 0.3) is 0 Å². The number of ketones is 1. The first-order chi connectivity index (χ1) is 8.40. The van der Waals surface area contributed by atoms with Crippen LogP contribution in [-0.4, -0.2) is 18.0 Å². The normalized spacial score (nSPS) is 31.6. The summed E-state index contributed by atoms with van der Waals surface area (Å²) in [5.74, 6) is -0.384. The van der Waals surface area contributed by atoms with E-state index in [2.05, 4.69) is 0 Å². The van der Waals surface area contributed by atoms with E-state index in [1.807, 2.05) is 20.8 Å². The average molecular weight is 250 g/mol. The zero-order valence-corrected chi connectivity index (χ0v) is 11.2. The summed E-state index contributed by atoms with van der Waals surface area (Å²) in [6.45, 7) is 7.70. The van der Waals surface area contributed by atoms with Crippen molar-refractivity contribution in [2.75, 3.05) is 0 Å². The number of aryl methyl sites for hydroxylation is 1. The summed E-state index contributed by atoms with van der Waals surface area (Å²) in [5, 5.41) is 0. The van der Waals surface area contributed by atoms with Crippen LogP contribution < -0.4 is 0 Å².